The number of phenols is 1. The number of rotatable bonds is 3. The molecule has 5 heteroatoms. The molecule has 0 aliphatic carbocycles. The van der Waals surface area contributed by atoms with E-state index in [1.807, 2.05) is 22.8 Å². The molecule has 1 N–H and O–H groups in total. The van der Waals surface area contributed by atoms with Crippen molar-refractivity contribution in [2.24, 2.45) is 0 Å². The van der Waals surface area contributed by atoms with Crippen molar-refractivity contribution in [3.05, 3.63) is 85.1 Å². The molecular weight excluding hydrogens is 317 g/mol. The van der Waals surface area contributed by atoms with Gasteiger partial charge in [-0.1, -0.05) is 12.1 Å². The Labute approximate surface area is 143 Å². The molecule has 0 unspecified atom stereocenters. The quantitative estimate of drug-likeness (QED) is 0.603. The number of nitrogens with zero attached hydrogens (tertiary/aromatic N) is 3. The average Bonchev–Trinajstić information content (AvgIpc) is 3.08. The fourth-order valence-electron chi connectivity index (χ4n) is 2.78. The van der Waals surface area contributed by atoms with E-state index in [2.05, 4.69) is 9.97 Å². The number of pyridine rings is 1. The van der Waals surface area contributed by atoms with Crippen LogP contribution in [0, 0.1) is 5.82 Å². The van der Waals surface area contributed by atoms with Crippen LogP contribution in [0.1, 0.15) is 0 Å². The summed E-state index contributed by atoms with van der Waals surface area (Å²) in [6.07, 6.45) is 5.15. The summed E-state index contributed by atoms with van der Waals surface area (Å²) in [5.41, 5.74) is 3.11. The molecule has 0 saturated heterocycles. The number of hydrogen-bond acceptors (Lipinski definition) is 3. The highest BCUT2D eigenvalue weighted by molar-refractivity contribution is 5.72. The highest BCUT2D eigenvalue weighted by Gasteiger charge is 2.17. The van der Waals surface area contributed by atoms with E-state index in [0.717, 1.165) is 16.9 Å². The Kier molecular flexibility index (Phi) is 3.74. The molecule has 0 amide bonds. The minimum atomic E-state index is -0.307. The summed E-state index contributed by atoms with van der Waals surface area (Å²) in [5.74, 6) is 0.410. The number of imidazole rings is 1. The highest BCUT2D eigenvalue weighted by Crippen LogP contribution is 2.34. The molecule has 2 aromatic carbocycles. The molecule has 0 bridgehead atoms. The van der Waals surface area contributed by atoms with Crippen molar-refractivity contribution in [2.75, 3.05) is 0 Å². The Hall–Kier alpha value is -3.47. The van der Waals surface area contributed by atoms with Gasteiger partial charge in [-0.3, -0.25) is 9.55 Å². The largest absolute Gasteiger partial charge is 0.507 e. The maximum atomic E-state index is 13.4. The fourth-order valence-corrected chi connectivity index (χ4v) is 2.78. The lowest BCUT2D eigenvalue weighted by molar-refractivity contribution is 0.477. The third-order valence-electron chi connectivity index (χ3n) is 3.97. The molecule has 0 saturated carbocycles. The molecule has 4 aromatic rings. The summed E-state index contributed by atoms with van der Waals surface area (Å²) >= 11 is 0. The van der Waals surface area contributed by atoms with E-state index in [4.69, 9.17) is 0 Å². The zero-order valence-electron chi connectivity index (χ0n) is 13.2. The number of aromatic hydroxyl groups is 1. The minimum absolute atomic E-state index is 0.137. The molecule has 0 aliphatic rings. The first kappa shape index (κ1) is 15.1. The Morgan fingerprint density at radius 3 is 2.32 bits per heavy atom. The van der Waals surface area contributed by atoms with Gasteiger partial charge in [0.05, 0.1) is 17.5 Å². The summed E-state index contributed by atoms with van der Waals surface area (Å²) in [7, 11) is 0. The van der Waals surface area contributed by atoms with Gasteiger partial charge < -0.3 is 5.11 Å². The van der Waals surface area contributed by atoms with Gasteiger partial charge in [0, 0.05) is 23.6 Å². The molecule has 0 fully saturated rings. The van der Waals surface area contributed by atoms with Crippen molar-refractivity contribution < 1.29 is 9.50 Å². The molecule has 25 heavy (non-hydrogen) atoms. The number of phenolic OH excluding ortho intramolecular Hbond substituents is 1. The fraction of sp³-hybridized carbons (Fsp3) is 0. The molecule has 2 aromatic heterocycles. The zero-order chi connectivity index (χ0) is 17.2. The van der Waals surface area contributed by atoms with Crippen LogP contribution < -0.4 is 0 Å². The molecule has 0 aliphatic heterocycles. The van der Waals surface area contributed by atoms with Crippen molar-refractivity contribution in [1.82, 2.24) is 14.5 Å². The van der Waals surface area contributed by atoms with Gasteiger partial charge in [-0.05, 0) is 48.5 Å². The molecule has 122 valence electrons. The van der Waals surface area contributed by atoms with E-state index >= 15 is 0 Å². The SMILES string of the molecule is Oc1ccccc1-c1ncc(-c2ccncc2)n1-c1ccc(F)cc1. The number of hydrogen-bond donors (Lipinski definition) is 1. The maximum Gasteiger partial charge on any atom is 0.148 e. The first-order chi connectivity index (χ1) is 12.2. The van der Waals surface area contributed by atoms with Crippen molar-refractivity contribution in [3.63, 3.8) is 0 Å². The van der Waals surface area contributed by atoms with E-state index in [0.29, 0.717) is 11.4 Å². The Morgan fingerprint density at radius 1 is 0.880 bits per heavy atom. The van der Waals surface area contributed by atoms with Crippen LogP contribution in [-0.2, 0) is 0 Å². The molecule has 2 heterocycles. The lowest BCUT2D eigenvalue weighted by Crippen LogP contribution is -2.00. The van der Waals surface area contributed by atoms with Gasteiger partial charge in [0.15, 0.2) is 0 Å². The third-order valence-corrected chi connectivity index (χ3v) is 3.97. The van der Waals surface area contributed by atoms with Crippen LogP contribution in [0.15, 0.2) is 79.3 Å². The van der Waals surface area contributed by atoms with E-state index in [1.165, 1.54) is 12.1 Å². The van der Waals surface area contributed by atoms with Crippen molar-refractivity contribution in [1.29, 1.82) is 0 Å². The maximum absolute atomic E-state index is 13.4. The average molecular weight is 331 g/mol. The molecule has 4 rings (SSSR count). The predicted octanol–water partition coefficient (Wildman–Crippen LogP) is 4.45. The first-order valence-electron chi connectivity index (χ1n) is 7.76. The second kappa shape index (κ2) is 6.20. The van der Waals surface area contributed by atoms with Gasteiger partial charge in [0.2, 0.25) is 0 Å². The Balaban J connectivity index is 1.99. The monoisotopic (exact) mass is 331 g/mol. The van der Waals surface area contributed by atoms with Crippen molar-refractivity contribution in [2.45, 2.75) is 0 Å². The predicted molar refractivity (Wildman–Crippen MR) is 93.9 cm³/mol. The van der Waals surface area contributed by atoms with E-state index in [-0.39, 0.29) is 11.6 Å². The molecule has 0 atom stereocenters. The standard InChI is InChI=1S/C20H14FN3O/c21-15-5-7-16(8-6-15)24-18(14-9-11-22-12-10-14)13-23-20(24)17-3-1-2-4-19(17)25/h1-13,25H. The van der Waals surface area contributed by atoms with Gasteiger partial charge in [0.1, 0.15) is 17.4 Å². The van der Waals surface area contributed by atoms with E-state index in [1.54, 1.807) is 48.9 Å². The van der Waals surface area contributed by atoms with Crippen LogP contribution in [0.25, 0.3) is 28.3 Å². The van der Waals surface area contributed by atoms with Crippen LogP contribution in [0.2, 0.25) is 0 Å². The second-order valence-corrected chi connectivity index (χ2v) is 5.53. The van der Waals surface area contributed by atoms with Gasteiger partial charge in [-0.15, -0.1) is 0 Å². The third kappa shape index (κ3) is 2.76. The molecule has 0 radical (unpaired) electrons. The zero-order valence-corrected chi connectivity index (χ0v) is 13.2. The normalized spacial score (nSPS) is 10.8. The van der Waals surface area contributed by atoms with Crippen LogP contribution in [-0.4, -0.2) is 19.6 Å². The van der Waals surface area contributed by atoms with Crippen molar-refractivity contribution >= 4 is 0 Å². The van der Waals surface area contributed by atoms with E-state index in [9.17, 15) is 9.50 Å². The number of benzene rings is 2. The van der Waals surface area contributed by atoms with Gasteiger partial charge in [0.25, 0.3) is 0 Å². The van der Waals surface area contributed by atoms with E-state index < -0.39 is 0 Å². The van der Waals surface area contributed by atoms with Crippen LogP contribution in [0.4, 0.5) is 4.39 Å². The first-order valence-corrected chi connectivity index (χ1v) is 7.76. The van der Waals surface area contributed by atoms with Gasteiger partial charge in [-0.25, -0.2) is 9.37 Å². The Morgan fingerprint density at radius 2 is 1.60 bits per heavy atom. The number of para-hydroxylation sites is 1. The minimum Gasteiger partial charge on any atom is -0.507 e. The van der Waals surface area contributed by atoms with Crippen LogP contribution >= 0.6 is 0 Å². The number of aromatic nitrogens is 3. The van der Waals surface area contributed by atoms with Gasteiger partial charge in [-0.2, -0.15) is 0 Å². The summed E-state index contributed by atoms with van der Waals surface area (Å²) in [4.78, 5) is 8.56. The highest BCUT2D eigenvalue weighted by atomic mass is 19.1. The Bertz CT molecular complexity index is 1010. The van der Waals surface area contributed by atoms with Gasteiger partial charge >= 0.3 is 0 Å². The summed E-state index contributed by atoms with van der Waals surface area (Å²) < 4.78 is 15.3. The number of halogens is 1. The lowest BCUT2D eigenvalue weighted by atomic mass is 10.1. The van der Waals surface area contributed by atoms with Crippen molar-refractivity contribution in [3.8, 4) is 34.1 Å². The van der Waals surface area contributed by atoms with Crippen LogP contribution in [0.5, 0.6) is 5.75 Å². The molecule has 0 spiro atoms. The summed E-state index contributed by atoms with van der Waals surface area (Å²) in [6.45, 7) is 0. The smallest absolute Gasteiger partial charge is 0.148 e. The molecular formula is C20H14FN3O. The second-order valence-electron chi connectivity index (χ2n) is 5.53. The topological polar surface area (TPSA) is 50.9 Å². The lowest BCUT2D eigenvalue weighted by Gasteiger charge is -2.13. The van der Waals surface area contributed by atoms with Crippen LogP contribution in [0.3, 0.4) is 0 Å². The summed E-state index contributed by atoms with van der Waals surface area (Å²) in [6, 6.07) is 17.0. The summed E-state index contributed by atoms with van der Waals surface area (Å²) in [5, 5.41) is 10.2. The molecule has 4 nitrogen and oxygen atoms in total.